The van der Waals surface area contributed by atoms with Gasteiger partial charge in [-0.25, -0.2) is 0 Å². The van der Waals surface area contributed by atoms with Gasteiger partial charge in [-0.1, -0.05) is 51.5 Å². The summed E-state index contributed by atoms with van der Waals surface area (Å²) >= 11 is 0. The van der Waals surface area contributed by atoms with Gasteiger partial charge < -0.3 is 10.1 Å². The number of hydrogen-bond donors (Lipinski definition) is 1. The van der Waals surface area contributed by atoms with Crippen molar-refractivity contribution < 1.29 is 4.74 Å². The molecule has 0 aliphatic carbocycles. The topological polar surface area (TPSA) is 21.3 Å². The van der Waals surface area contributed by atoms with Crippen LogP contribution >= 0.6 is 0 Å². The lowest BCUT2D eigenvalue weighted by atomic mass is 10.0. The highest BCUT2D eigenvalue weighted by Gasteiger charge is 2.12. The van der Waals surface area contributed by atoms with Crippen LogP contribution in [0.1, 0.15) is 64.1 Å². The van der Waals surface area contributed by atoms with Crippen molar-refractivity contribution in [2.75, 3.05) is 13.2 Å². The standard InChI is InChI=1S/C18H31NO/c1-5-8-16-9-11-17(12-10-16)18(19-13-6-2)14-20-15(4)7-3/h9-12,15,18-19H,5-8,13-14H2,1-4H3. The largest absolute Gasteiger partial charge is 0.377 e. The summed E-state index contributed by atoms with van der Waals surface area (Å²) in [5, 5.41) is 3.59. The molecule has 0 aliphatic rings. The van der Waals surface area contributed by atoms with Crippen LogP contribution in [0.3, 0.4) is 0 Å². The van der Waals surface area contributed by atoms with Crippen molar-refractivity contribution in [3.63, 3.8) is 0 Å². The number of nitrogens with one attached hydrogen (secondary N) is 1. The molecule has 1 aromatic rings. The predicted molar refractivity (Wildman–Crippen MR) is 87.2 cm³/mol. The molecule has 1 N–H and O–H groups in total. The summed E-state index contributed by atoms with van der Waals surface area (Å²) in [4.78, 5) is 0. The van der Waals surface area contributed by atoms with Crippen LogP contribution in [-0.4, -0.2) is 19.3 Å². The van der Waals surface area contributed by atoms with Gasteiger partial charge in [-0.05, 0) is 43.9 Å². The van der Waals surface area contributed by atoms with E-state index in [2.05, 4.69) is 57.3 Å². The van der Waals surface area contributed by atoms with Crippen LogP contribution in [0.2, 0.25) is 0 Å². The molecule has 2 unspecified atom stereocenters. The summed E-state index contributed by atoms with van der Waals surface area (Å²) in [5.41, 5.74) is 2.76. The van der Waals surface area contributed by atoms with Crippen molar-refractivity contribution in [2.24, 2.45) is 0 Å². The zero-order chi connectivity index (χ0) is 14.8. The zero-order valence-electron chi connectivity index (χ0n) is 13.6. The van der Waals surface area contributed by atoms with Crippen molar-refractivity contribution in [1.29, 1.82) is 0 Å². The minimum Gasteiger partial charge on any atom is -0.377 e. The van der Waals surface area contributed by atoms with Crippen LogP contribution < -0.4 is 5.32 Å². The molecular formula is C18H31NO. The van der Waals surface area contributed by atoms with Crippen LogP contribution in [0.5, 0.6) is 0 Å². The van der Waals surface area contributed by atoms with E-state index in [0.717, 1.165) is 32.4 Å². The molecule has 2 atom stereocenters. The molecule has 0 fully saturated rings. The lowest BCUT2D eigenvalue weighted by Crippen LogP contribution is -2.27. The summed E-state index contributed by atoms with van der Waals surface area (Å²) in [6, 6.07) is 9.31. The first-order chi connectivity index (χ1) is 9.71. The summed E-state index contributed by atoms with van der Waals surface area (Å²) < 4.78 is 5.92. The Kier molecular flexibility index (Phi) is 8.56. The Morgan fingerprint density at radius 1 is 1.05 bits per heavy atom. The minimum absolute atomic E-state index is 0.305. The first-order valence-corrected chi connectivity index (χ1v) is 8.15. The van der Waals surface area contributed by atoms with E-state index in [1.165, 1.54) is 17.5 Å². The second kappa shape index (κ2) is 9.95. The summed E-state index contributed by atoms with van der Waals surface area (Å²) in [6.45, 7) is 10.5. The average molecular weight is 277 g/mol. The highest BCUT2D eigenvalue weighted by Crippen LogP contribution is 2.16. The molecule has 2 heteroatoms. The fraction of sp³-hybridized carbons (Fsp3) is 0.667. The number of ether oxygens (including phenoxy) is 1. The van der Waals surface area contributed by atoms with Gasteiger partial charge in [0.15, 0.2) is 0 Å². The van der Waals surface area contributed by atoms with Crippen molar-refractivity contribution in [2.45, 2.75) is 65.5 Å². The van der Waals surface area contributed by atoms with Crippen molar-refractivity contribution in [1.82, 2.24) is 5.32 Å². The van der Waals surface area contributed by atoms with Crippen molar-refractivity contribution in [3.8, 4) is 0 Å². The van der Waals surface area contributed by atoms with Crippen LogP contribution in [0.15, 0.2) is 24.3 Å². The van der Waals surface area contributed by atoms with Gasteiger partial charge in [-0.3, -0.25) is 0 Å². The normalized spacial score (nSPS) is 14.2. The Morgan fingerprint density at radius 2 is 1.75 bits per heavy atom. The van der Waals surface area contributed by atoms with E-state index in [9.17, 15) is 0 Å². The molecular weight excluding hydrogens is 246 g/mol. The predicted octanol–water partition coefficient (Wildman–Crippen LogP) is 4.49. The molecule has 0 heterocycles. The highest BCUT2D eigenvalue weighted by atomic mass is 16.5. The number of rotatable bonds is 10. The van der Waals surface area contributed by atoms with E-state index >= 15 is 0 Å². The fourth-order valence-electron chi connectivity index (χ4n) is 2.18. The lowest BCUT2D eigenvalue weighted by Gasteiger charge is -2.21. The van der Waals surface area contributed by atoms with E-state index in [4.69, 9.17) is 4.74 Å². The van der Waals surface area contributed by atoms with Gasteiger partial charge in [-0.15, -0.1) is 0 Å². The number of aryl methyl sites for hydroxylation is 1. The Labute approximate surface area is 124 Å². The van der Waals surface area contributed by atoms with Crippen LogP contribution in [0.4, 0.5) is 0 Å². The summed E-state index contributed by atoms with van der Waals surface area (Å²) in [5.74, 6) is 0. The Bertz CT molecular complexity index is 347. The monoisotopic (exact) mass is 277 g/mol. The quantitative estimate of drug-likeness (QED) is 0.680. The van der Waals surface area contributed by atoms with Gasteiger partial charge in [0.05, 0.1) is 18.8 Å². The molecule has 1 rings (SSSR count). The van der Waals surface area contributed by atoms with Gasteiger partial charge >= 0.3 is 0 Å². The average Bonchev–Trinajstić information content (AvgIpc) is 2.48. The van der Waals surface area contributed by atoms with Gasteiger partial charge in [0.25, 0.3) is 0 Å². The van der Waals surface area contributed by atoms with Gasteiger partial charge in [0.1, 0.15) is 0 Å². The van der Waals surface area contributed by atoms with E-state index < -0.39 is 0 Å². The third-order valence-electron chi connectivity index (χ3n) is 3.68. The molecule has 0 saturated heterocycles. The van der Waals surface area contributed by atoms with Crippen LogP contribution in [0.25, 0.3) is 0 Å². The van der Waals surface area contributed by atoms with E-state index in [1.54, 1.807) is 0 Å². The van der Waals surface area contributed by atoms with Crippen LogP contribution in [-0.2, 0) is 11.2 Å². The lowest BCUT2D eigenvalue weighted by molar-refractivity contribution is 0.0474. The molecule has 0 amide bonds. The Morgan fingerprint density at radius 3 is 2.30 bits per heavy atom. The molecule has 2 nitrogen and oxygen atoms in total. The maximum atomic E-state index is 5.92. The number of benzene rings is 1. The summed E-state index contributed by atoms with van der Waals surface area (Å²) in [6.07, 6.45) is 4.91. The highest BCUT2D eigenvalue weighted by molar-refractivity contribution is 5.25. The van der Waals surface area contributed by atoms with Crippen molar-refractivity contribution in [3.05, 3.63) is 35.4 Å². The minimum atomic E-state index is 0.305. The summed E-state index contributed by atoms with van der Waals surface area (Å²) in [7, 11) is 0. The van der Waals surface area contributed by atoms with E-state index in [0.29, 0.717) is 12.1 Å². The van der Waals surface area contributed by atoms with Gasteiger partial charge in [0, 0.05) is 0 Å². The second-order valence-corrected chi connectivity index (χ2v) is 5.55. The molecule has 0 saturated carbocycles. The van der Waals surface area contributed by atoms with E-state index in [-0.39, 0.29) is 0 Å². The zero-order valence-corrected chi connectivity index (χ0v) is 13.6. The molecule has 0 aliphatic heterocycles. The molecule has 0 aromatic heterocycles. The third kappa shape index (κ3) is 6.06. The molecule has 20 heavy (non-hydrogen) atoms. The van der Waals surface area contributed by atoms with Gasteiger partial charge in [0.2, 0.25) is 0 Å². The van der Waals surface area contributed by atoms with Crippen molar-refractivity contribution >= 4 is 0 Å². The second-order valence-electron chi connectivity index (χ2n) is 5.55. The maximum absolute atomic E-state index is 5.92. The molecule has 0 spiro atoms. The molecule has 0 bridgehead atoms. The van der Waals surface area contributed by atoms with Gasteiger partial charge in [-0.2, -0.15) is 0 Å². The Hall–Kier alpha value is -0.860. The molecule has 114 valence electrons. The van der Waals surface area contributed by atoms with Crippen LogP contribution in [0, 0.1) is 0 Å². The molecule has 0 radical (unpaired) electrons. The first-order valence-electron chi connectivity index (χ1n) is 8.15. The third-order valence-corrected chi connectivity index (χ3v) is 3.68. The van der Waals surface area contributed by atoms with E-state index in [1.807, 2.05) is 0 Å². The first kappa shape index (κ1) is 17.2. The SMILES string of the molecule is CCCNC(COC(C)CC)c1ccc(CCC)cc1. The number of hydrogen-bond acceptors (Lipinski definition) is 2. The maximum Gasteiger partial charge on any atom is 0.0665 e. The Balaban J connectivity index is 2.65. The fourth-order valence-corrected chi connectivity index (χ4v) is 2.18. The smallest absolute Gasteiger partial charge is 0.0665 e. The molecule has 1 aromatic carbocycles.